The summed E-state index contributed by atoms with van der Waals surface area (Å²) < 4.78 is 18.6. The standard InChI is InChI=1S/C13H16FNO3/c1-9-8-15(5-2-6-18-9)13(17)11-7-10(14)3-4-12(11)16/h3-4,7,9,16H,2,5-6,8H2,1H3. The van der Waals surface area contributed by atoms with Gasteiger partial charge in [0.1, 0.15) is 11.6 Å². The molecule has 0 spiro atoms. The van der Waals surface area contributed by atoms with Crippen LogP contribution in [0.4, 0.5) is 4.39 Å². The Morgan fingerprint density at radius 2 is 2.33 bits per heavy atom. The van der Waals surface area contributed by atoms with Gasteiger partial charge in [0.15, 0.2) is 0 Å². The van der Waals surface area contributed by atoms with Crippen molar-refractivity contribution in [3.8, 4) is 5.75 Å². The first kappa shape index (κ1) is 12.8. The molecule has 1 unspecified atom stereocenters. The molecule has 0 aromatic heterocycles. The van der Waals surface area contributed by atoms with Crippen LogP contribution in [0.1, 0.15) is 23.7 Å². The maximum atomic E-state index is 13.1. The van der Waals surface area contributed by atoms with Crippen LogP contribution < -0.4 is 0 Å². The molecule has 18 heavy (non-hydrogen) atoms. The van der Waals surface area contributed by atoms with Crippen molar-refractivity contribution in [2.75, 3.05) is 19.7 Å². The maximum Gasteiger partial charge on any atom is 0.257 e. The molecule has 1 fully saturated rings. The Kier molecular flexibility index (Phi) is 3.81. The number of ether oxygens (including phenoxy) is 1. The molecule has 1 aliphatic rings. The normalized spacial score (nSPS) is 20.6. The first-order valence-corrected chi connectivity index (χ1v) is 5.97. The van der Waals surface area contributed by atoms with E-state index in [1.54, 1.807) is 4.90 Å². The van der Waals surface area contributed by atoms with Crippen LogP contribution in [0, 0.1) is 5.82 Å². The summed E-state index contributed by atoms with van der Waals surface area (Å²) in [6, 6.07) is 3.38. The Morgan fingerprint density at radius 3 is 3.11 bits per heavy atom. The van der Waals surface area contributed by atoms with Gasteiger partial charge in [0.25, 0.3) is 5.91 Å². The van der Waals surface area contributed by atoms with Gasteiger partial charge in [0.05, 0.1) is 11.7 Å². The minimum absolute atomic E-state index is 0.00380. The lowest BCUT2D eigenvalue weighted by molar-refractivity contribution is 0.0560. The third-order valence-corrected chi connectivity index (χ3v) is 2.93. The lowest BCUT2D eigenvalue weighted by Crippen LogP contribution is -2.36. The molecule has 0 radical (unpaired) electrons. The molecule has 5 heteroatoms. The lowest BCUT2D eigenvalue weighted by Gasteiger charge is -2.22. The third-order valence-electron chi connectivity index (χ3n) is 2.93. The van der Waals surface area contributed by atoms with Gasteiger partial charge in [-0.15, -0.1) is 0 Å². The number of carbonyl (C=O) groups excluding carboxylic acids is 1. The van der Waals surface area contributed by atoms with Gasteiger partial charge in [-0.1, -0.05) is 0 Å². The van der Waals surface area contributed by atoms with Crippen molar-refractivity contribution in [1.82, 2.24) is 4.90 Å². The van der Waals surface area contributed by atoms with Crippen molar-refractivity contribution in [2.45, 2.75) is 19.4 Å². The van der Waals surface area contributed by atoms with Gasteiger partial charge in [0.2, 0.25) is 0 Å². The van der Waals surface area contributed by atoms with Crippen molar-refractivity contribution < 1.29 is 19.0 Å². The highest BCUT2D eigenvalue weighted by atomic mass is 19.1. The number of aromatic hydroxyl groups is 1. The van der Waals surface area contributed by atoms with E-state index in [9.17, 15) is 14.3 Å². The molecule has 1 heterocycles. The summed E-state index contributed by atoms with van der Waals surface area (Å²) >= 11 is 0. The molecule has 1 atom stereocenters. The summed E-state index contributed by atoms with van der Waals surface area (Å²) in [6.07, 6.45) is 0.693. The molecular formula is C13H16FNO3. The molecule has 1 aromatic carbocycles. The van der Waals surface area contributed by atoms with Crippen molar-refractivity contribution in [2.24, 2.45) is 0 Å². The summed E-state index contributed by atoms with van der Waals surface area (Å²) in [5.41, 5.74) is 0.00380. The van der Waals surface area contributed by atoms with E-state index < -0.39 is 5.82 Å². The number of carbonyl (C=O) groups is 1. The number of hydrogen-bond donors (Lipinski definition) is 1. The molecule has 4 nitrogen and oxygen atoms in total. The summed E-state index contributed by atoms with van der Waals surface area (Å²) in [5, 5.41) is 9.63. The summed E-state index contributed by atoms with van der Waals surface area (Å²) in [6.45, 7) is 3.50. The number of benzene rings is 1. The second kappa shape index (κ2) is 5.35. The largest absolute Gasteiger partial charge is 0.507 e. The molecule has 0 bridgehead atoms. The zero-order chi connectivity index (χ0) is 13.1. The first-order chi connectivity index (χ1) is 8.58. The average molecular weight is 253 g/mol. The van der Waals surface area contributed by atoms with Gasteiger partial charge in [0, 0.05) is 19.7 Å². The van der Waals surface area contributed by atoms with E-state index in [1.165, 1.54) is 6.07 Å². The van der Waals surface area contributed by atoms with E-state index in [2.05, 4.69) is 0 Å². The first-order valence-electron chi connectivity index (χ1n) is 5.97. The number of hydrogen-bond acceptors (Lipinski definition) is 3. The molecule has 1 aromatic rings. The molecular weight excluding hydrogens is 237 g/mol. The Hall–Kier alpha value is -1.62. The maximum absolute atomic E-state index is 13.1. The van der Waals surface area contributed by atoms with Crippen molar-refractivity contribution in [3.05, 3.63) is 29.6 Å². The molecule has 1 N–H and O–H groups in total. The molecule has 98 valence electrons. The number of rotatable bonds is 1. The molecule has 1 amide bonds. The Balaban J connectivity index is 2.21. The topological polar surface area (TPSA) is 49.8 Å². The highest BCUT2D eigenvalue weighted by molar-refractivity contribution is 5.96. The fraction of sp³-hybridized carbons (Fsp3) is 0.462. The van der Waals surface area contributed by atoms with Crippen LogP contribution in [-0.2, 0) is 4.74 Å². The van der Waals surface area contributed by atoms with Crippen LogP contribution in [0.2, 0.25) is 0 Å². The molecule has 0 saturated carbocycles. The van der Waals surface area contributed by atoms with E-state index in [-0.39, 0.29) is 23.3 Å². The van der Waals surface area contributed by atoms with Crippen LogP contribution in [0.15, 0.2) is 18.2 Å². The number of nitrogens with zero attached hydrogens (tertiary/aromatic N) is 1. The van der Waals surface area contributed by atoms with Gasteiger partial charge < -0.3 is 14.7 Å². The third kappa shape index (κ3) is 2.79. The number of halogens is 1. The van der Waals surface area contributed by atoms with Crippen LogP contribution in [0.5, 0.6) is 5.75 Å². The fourth-order valence-corrected chi connectivity index (χ4v) is 2.03. The SMILES string of the molecule is CC1CN(C(=O)c2cc(F)ccc2O)CCCO1. The minimum Gasteiger partial charge on any atom is -0.507 e. The van der Waals surface area contributed by atoms with Gasteiger partial charge in [-0.25, -0.2) is 4.39 Å². The van der Waals surface area contributed by atoms with Crippen LogP contribution in [0.25, 0.3) is 0 Å². The van der Waals surface area contributed by atoms with Gasteiger partial charge >= 0.3 is 0 Å². The lowest BCUT2D eigenvalue weighted by atomic mass is 10.1. The number of amides is 1. The molecule has 2 rings (SSSR count). The van der Waals surface area contributed by atoms with Gasteiger partial charge in [-0.3, -0.25) is 4.79 Å². The summed E-state index contributed by atoms with van der Waals surface area (Å²) in [5.74, 6) is -1.08. The zero-order valence-corrected chi connectivity index (χ0v) is 10.2. The number of phenols is 1. The Bertz CT molecular complexity index is 450. The van der Waals surface area contributed by atoms with Crippen LogP contribution in [0.3, 0.4) is 0 Å². The Morgan fingerprint density at radius 1 is 1.56 bits per heavy atom. The predicted molar refractivity (Wildman–Crippen MR) is 64.0 cm³/mol. The van der Waals surface area contributed by atoms with Gasteiger partial charge in [-0.05, 0) is 31.5 Å². The minimum atomic E-state index is -0.532. The predicted octanol–water partition coefficient (Wildman–Crippen LogP) is 1.78. The quantitative estimate of drug-likeness (QED) is 0.830. The molecule has 1 aliphatic heterocycles. The summed E-state index contributed by atoms with van der Waals surface area (Å²) in [4.78, 5) is 13.8. The Labute approximate surface area is 105 Å². The van der Waals surface area contributed by atoms with Crippen LogP contribution in [-0.4, -0.2) is 41.7 Å². The van der Waals surface area contributed by atoms with E-state index in [1.807, 2.05) is 6.92 Å². The van der Waals surface area contributed by atoms with E-state index in [4.69, 9.17) is 4.74 Å². The van der Waals surface area contributed by atoms with E-state index >= 15 is 0 Å². The fourth-order valence-electron chi connectivity index (χ4n) is 2.03. The molecule has 0 aliphatic carbocycles. The second-order valence-electron chi connectivity index (χ2n) is 4.45. The van der Waals surface area contributed by atoms with Crippen LogP contribution >= 0.6 is 0 Å². The van der Waals surface area contributed by atoms with Crippen molar-refractivity contribution >= 4 is 5.91 Å². The highest BCUT2D eigenvalue weighted by Gasteiger charge is 2.23. The van der Waals surface area contributed by atoms with Crippen molar-refractivity contribution in [3.63, 3.8) is 0 Å². The highest BCUT2D eigenvalue weighted by Crippen LogP contribution is 2.21. The van der Waals surface area contributed by atoms with Crippen molar-refractivity contribution in [1.29, 1.82) is 0 Å². The monoisotopic (exact) mass is 253 g/mol. The van der Waals surface area contributed by atoms with E-state index in [0.717, 1.165) is 18.6 Å². The summed E-state index contributed by atoms with van der Waals surface area (Å²) in [7, 11) is 0. The number of phenolic OH excluding ortho intramolecular Hbond substituents is 1. The van der Waals surface area contributed by atoms with E-state index in [0.29, 0.717) is 19.7 Å². The van der Waals surface area contributed by atoms with Gasteiger partial charge in [-0.2, -0.15) is 0 Å². The molecule has 1 saturated heterocycles. The average Bonchev–Trinajstić information content (AvgIpc) is 2.56. The zero-order valence-electron chi connectivity index (χ0n) is 10.2. The second-order valence-corrected chi connectivity index (χ2v) is 4.45. The smallest absolute Gasteiger partial charge is 0.257 e.